The van der Waals surface area contributed by atoms with Gasteiger partial charge in [-0.3, -0.25) is 4.79 Å². The molecule has 0 fully saturated rings. The molecule has 0 heterocycles. The molecule has 112 valence electrons. The summed E-state index contributed by atoms with van der Waals surface area (Å²) in [5, 5.41) is 21.3. The number of ether oxygens (including phenoxy) is 2. The van der Waals surface area contributed by atoms with Crippen LogP contribution in [0.4, 0.5) is 0 Å². The maximum absolute atomic E-state index is 11.8. The van der Waals surface area contributed by atoms with Crippen LogP contribution in [0, 0.1) is 11.3 Å². The van der Waals surface area contributed by atoms with E-state index in [1.54, 1.807) is 19.2 Å². The van der Waals surface area contributed by atoms with E-state index in [2.05, 4.69) is 5.32 Å². The minimum Gasteiger partial charge on any atom is -0.504 e. The summed E-state index contributed by atoms with van der Waals surface area (Å²) in [5.74, 6) is -0.178. The monoisotopic (exact) mass is 290 g/mol. The Morgan fingerprint density at radius 3 is 2.81 bits per heavy atom. The Bertz CT molecular complexity index is 561. The summed E-state index contributed by atoms with van der Waals surface area (Å²) < 4.78 is 9.80. The van der Waals surface area contributed by atoms with Crippen molar-refractivity contribution in [1.29, 1.82) is 5.26 Å². The van der Waals surface area contributed by atoms with Crippen LogP contribution < -0.4 is 10.1 Å². The highest BCUT2D eigenvalue weighted by Gasteiger charge is 2.09. The van der Waals surface area contributed by atoms with E-state index in [-0.39, 0.29) is 11.3 Å². The Morgan fingerprint density at radius 2 is 2.24 bits per heavy atom. The summed E-state index contributed by atoms with van der Waals surface area (Å²) >= 11 is 0. The third kappa shape index (κ3) is 5.16. The maximum atomic E-state index is 11.8. The van der Waals surface area contributed by atoms with Crippen molar-refractivity contribution in [2.75, 3.05) is 27.4 Å². The number of nitrogens with one attached hydrogen (secondary N) is 1. The normalized spacial score (nSPS) is 10.8. The molecule has 21 heavy (non-hydrogen) atoms. The smallest absolute Gasteiger partial charge is 0.261 e. The van der Waals surface area contributed by atoms with E-state index < -0.39 is 5.91 Å². The zero-order chi connectivity index (χ0) is 15.7. The number of benzene rings is 1. The van der Waals surface area contributed by atoms with E-state index in [4.69, 9.17) is 14.7 Å². The van der Waals surface area contributed by atoms with Gasteiger partial charge < -0.3 is 19.9 Å². The quantitative estimate of drug-likeness (QED) is 0.450. The predicted molar refractivity (Wildman–Crippen MR) is 77.8 cm³/mol. The van der Waals surface area contributed by atoms with Gasteiger partial charge in [-0.2, -0.15) is 5.26 Å². The molecular weight excluding hydrogens is 272 g/mol. The molecule has 2 N–H and O–H groups in total. The topological polar surface area (TPSA) is 91.6 Å². The Balaban J connectivity index is 2.77. The highest BCUT2D eigenvalue weighted by molar-refractivity contribution is 6.01. The van der Waals surface area contributed by atoms with Gasteiger partial charge in [-0.25, -0.2) is 0 Å². The fourth-order valence-electron chi connectivity index (χ4n) is 1.63. The molecule has 1 amide bonds. The molecule has 0 radical (unpaired) electrons. The molecule has 0 bridgehead atoms. The van der Waals surface area contributed by atoms with Gasteiger partial charge in [0.25, 0.3) is 5.91 Å². The summed E-state index contributed by atoms with van der Waals surface area (Å²) in [5.41, 5.74) is 0.508. The summed E-state index contributed by atoms with van der Waals surface area (Å²) in [7, 11) is 3.03. The van der Waals surface area contributed by atoms with Crippen LogP contribution in [0.15, 0.2) is 23.8 Å². The molecule has 6 nitrogen and oxygen atoms in total. The van der Waals surface area contributed by atoms with Crippen LogP contribution >= 0.6 is 0 Å². The van der Waals surface area contributed by atoms with Gasteiger partial charge in [-0.15, -0.1) is 0 Å². The predicted octanol–water partition coefficient (Wildman–Crippen LogP) is 1.46. The third-order valence-corrected chi connectivity index (χ3v) is 2.69. The molecular formula is C15H18N2O4. The minimum atomic E-state index is -0.455. The SMILES string of the molecule is COCCCNC(=O)/C(C#N)=C/c1ccc(OC)c(O)c1. The first-order chi connectivity index (χ1) is 10.1. The van der Waals surface area contributed by atoms with Gasteiger partial charge in [0, 0.05) is 20.3 Å². The standard InChI is InChI=1S/C15H18N2O4/c1-20-7-3-6-17-15(19)12(10-16)8-11-4-5-14(21-2)13(18)9-11/h4-5,8-9,18H,3,6-7H2,1-2H3,(H,17,19)/b12-8+. The molecule has 0 atom stereocenters. The summed E-state index contributed by atoms with van der Waals surface area (Å²) in [6.45, 7) is 0.970. The average Bonchev–Trinajstić information content (AvgIpc) is 2.49. The lowest BCUT2D eigenvalue weighted by Crippen LogP contribution is -2.26. The van der Waals surface area contributed by atoms with E-state index in [0.29, 0.717) is 30.9 Å². The highest BCUT2D eigenvalue weighted by Crippen LogP contribution is 2.27. The van der Waals surface area contributed by atoms with Crippen molar-refractivity contribution in [2.45, 2.75) is 6.42 Å². The lowest BCUT2D eigenvalue weighted by Gasteiger charge is -2.05. The van der Waals surface area contributed by atoms with E-state index >= 15 is 0 Å². The van der Waals surface area contributed by atoms with E-state index in [1.807, 2.05) is 6.07 Å². The number of nitriles is 1. The lowest BCUT2D eigenvalue weighted by molar-refractivity contribution is -0.117. The van der Waals surface area contributed by atoms with Crippen LogP contribution in [0.3, 0.4) is 0 Å². The fraction of sp³-hybridized carbons (Fsp3) is 0.333. The van der Waals surface area contributed by atoms with Crippen LogP contribution in [0.1, 0.15) is 12.0 Å². The van der Waals surface area contributed by atoms with Crippen LogP contribution in [0.2, 0.25) is 0 Å². The van der Waals surface area contributed by atoms with Crippen LogP contribution in [-0.4, -0.2) is 38.4 Å². The number of methoxy groups -OCH3 is 2. The number of phenolic OH excluding ortho intramolecular Hbond substituents is 1. The highest BCUT2D eigenvalue weighted by atomic mass is 16.5. The van der Waals surface area contributed by atoms with Crippen LogP contribution in [-0.2, 0) is 9.53 Å². The van der Waals surface area contributed by atoms with Crippen molar-refractivity contribution in [3.05, 3.63) is 29.3 Å². The number of hydrogen-bond donors (Lipinski definition) is 2. The van der Waals surface area contributed by atoms with Crippen molar-refractivity contribution in [2.24, 2.45) is 0 Å². The Kier molecular flexibility index (Phi) is 6.78. The number of carbonyl (C=O) groups excluding carboxylic acids is 1. The largest absolute Gasteiger partial charge is 0.504 e. The van der Waals surface area contributed by atoms with Crippen molar-refractivity contribution >= 4 is 12.0 Å². The molecule has 0 saturated carbocycles. The second-order valence-electron chi connectivity index (χ2n) is 4.20. The molecule has 0 aliphatic carbocycles. The molecule has 1 aromatic carbocycles. The van der Waals surface area contributed by atoms with E-state index in [0.717, 1.165) is 0 Å². The molecule has 0 saturated heterocycles. The van der Waals surface area contributed by atoms with Gasteiger partial charge in [-0.1, -0.05) is 6.07 Å². The van der Waals surface area contributed by atoms with E-state index in [1.165, 1.54) is 19.3 Å². The molecule has 0 spiro atoms. The van der Waals surface area contributed by atoms with Gasteiger partial charge in [0.2, 0.25) is 0 Å². The molecule has 1 rings (SSSR count). The van der Waals surface area contributed by atoms with Gasteiger partial charge in [-0.05, 0) is 30.2 Å². The number of phenols is 1. The Hall–Kier alpha value is -2.52. The van der Waals surface area contributed by atoms with Gasteiger partial charge in [0.15, 0.2) is 11.5 Å². The second-order valence-corrected chi connectivity index (χ2v) is 4.20. The first-order valence-corrected chi connectivity index (χ1v) is 6.38. The number of carbonyl (C=O) groups is 1. The molecule has 0 aliphatic rings. The average molecular weight is 290 g/mol. The number of nitrogens with zero attached hydrogens (tertiary/aromatic N) is 1. The molecule has 0 aliphatic heterocycles. The van der Waals surface area contributed by atoms with Crippen molar-refractivity contribution in [3.63, 3.8) is 0 Å². The molecule has 1 aromatic rings. The van der Waals surface area contributed by atoms with Crippen LogP contribution in [0.5, 0.6) is 11.5 Å². The third-order valence-electron chi connectivity index (χ3n) is 2.69. The zero-order valence-corrected chi connectivity index (χ0v) is 12.0. The van der Waals surface area contributed by atoms with Crippen molar-refractivity contribution < 1.29 is 19.4 Å². The first-order valence-electron chi connectivity index (χ1n) is 6.38. The van der Waals surface area contributed by atoms with E-state index in [9.17, 15) is 9.90 Å². The minimum absolute atomic E-state index is 0.0306. The number of hydrogen-bond acceptors (Lipinski definition) is 5. The summed E-state index contributed by atoms with van der Waals surface area (Å²) in [6.07, 6.45) is 2.08. The maximum Gasteiger partial charge on any atom is 0.261 e. The van der Waals surface area contributed by atoms with Crippen molar-refractivity contribution in [1.82, 2.24) is 5.32 Å². The summed E-state index contributed by atoms with van der Waals surface area (Å²) in [4.78, 5) is 11.8. The van der Waals surface area contributed by atoms with Crippen LogP contribution in [0.25, 0.3) is 6.08 Å². The molecule has 6 heteroatoms. The fourth-order valence-corrected chi connectivity index (χ4v) is 1.63. The van der Waals surface area contributed by atoms with Gasteiger partial charge >= 0.3 is 0 Å². The zero-order valence-electron chi connectivity index (χ0n) is 12.0. The lowest BCUT2D eigenvalue weighted by atomic mass is 10.1. The number of rotatable bonds is 7. The summed E-state index contributed by atoms with van der Waals surface area (Å²) in [6, 6.07) is 6.48. The Morgan fingerprint density at radius 1 is 1.48 bits per heavy atom. The van der Waals surface area contributed by atoms with Crippen molar-refractivity contribution in [3.8, 4) is 17.6 Å². The van der Waals surface area contributed by atoms with Gasteiger partial charge in [0.1, 0.15) is 11.6 Å². The second kappa shape index (κ2) is 8.61. The van der Waals surface area contributed by atoms with Gasteiger partial charge in [0.05, 0.1) is 7.11 Å². The Labute approximate surface area is 123 Å². The molecule has 0 unspecified atom stereocenters. The molecule has 0 aromatic heterocycles. The number of amides is 1. The number of aromatic hydroxyl groups is 1. The first kappa shape index (κ1) is 16.5.